The van der Waals surface area contributed by atoms with Crippen LogP contribution in [0.15, 0.2) is 42.5 Å². The van der Waals surface area contributed by atoms with Gasteiger partial charge in [-0.15, -0.1) is 0 Å². The summed E-state index contributed by atoms with van der Waals surface area (Å²) in [7, 11) is 0. The van der Waals surface area contributed by atoms with Gasteiger partial charge < -0.3 is 4.74 Å². The van der Waals surface area contributed by atoms with E-state index in [0.717, 1.165) is 30.6 Å². The van der Waals surface area contributed by atoms with Gasteiger partial charge in [-0.1, -0.05) is 18.2 Å². The van der Waals surface area contributed by atoms with Crippen LogP contribution in [-0.4, -0.2) is 17.9 Å². The zero-order chi connectivity index (χ0) is 16.7. The van der Waals surface area contributed by atoms with Crippen LogP contribution in [0, 0.1) is 5.82 Å². The smallest absolute Gasteiger partial charge is 0.266 e. The Morgan fingerprint density at radius 3 is 2.17 bits per heavy atom. The second kappa shape index (κ2) is 5.74. The Labute approximate surface area is 138 Å². The molecule has 2 amide bonds. The van der Waals surface area contributed by atoms with Crippen molar-refractivity contribution >= 4 is 17.5 Å². The maximum atomic E-state index is 14.4. The third kappa shape index (κ3) is 2.28. The van der Waals surface area contributed by atoms with Gasteiger partial charge in [-0.2, -0.15) is 0 Å². The first-order valence-corrected chi connectivity index (χ1v) is 8.10. The van der Waals surface area contributed by atoms with Crippen LogP contribution < -0.4 is 9.64 Å². The van der Waals surface area contributed by atoms with Crippen LogP contribution in [-0.2, 0) is 0 Å². The number of ether oxygens (including phenoxy) is 1. The predicted molar refractivity (Wildman–Crippen MR) is 86.9 cm³/mol. The number of carbonyl (C=O) groups is 2. The first kappa shape index (κ1) is 14.9. The van der Waals surface area contributed by atoms with E-state index >= 15 is 0 Å². The molecule has 1 saturated carbocycles. The Balaban J connectivity index is 1.76. The fourth-order valence-electron chi connectivity index (χ4n) is 3.37. The van der Waals surface area contributed by atoms with Crippen molar-refractivity contribution < 1.29 is 18.7 Å². The molecule has 2 aromatic rings. The summed E-state index contributed by atoms with van der Waals surface area (Å²) >= 11 is 0. The second-order valence-corrected chi connectivity index (χ2v) is 6.10. The van der Waals surface area contributed by atoms with Crippen molar-refractivity contribution in [1.29, 1.82) is 0 Å². The number of imide groups is 1. The summed E-state index contributed by atoms with van der Waals surface area (Å²) in [5.74, 6) is -1.47. The fraction of sp³-hybridized carbons (Fsp3) is 0.263. The number of fused-ring (bicyclic) bond motifs is 1. The molecular formula is C19H16FNO3. The number of amides is 2. The largest absolute Gasteiger partial charge is 0.485 e. The molecule has 0 spiro atoms. The van der Waals surface area contributed by atoms with E-state index in [4.69, 9.17) is 4.74 Å². The maximum absolute atomic E-state index is 14.4. The average Bonchev–Trinajstić information content (AvgIpc) is 3.18. The van der Waals surface area contributed by atoms with Gasteiger partial charge in [0.15, 0.2) is 11.6 Å². The van der Waals surface area contributed by atoms with Crippen molar-refractivity contribution in [3.63, 3.8) is 0 Å². The van der Waals surface area contributed by atoms with Crippen LogP contribution in [0.1, 0.15) is 46.4 Å². The minimum atomic E-state index is -0.559. The number of halogens is 1. The standard InChI is InChI=1S/C19H16FNO3/c20-15-10-5-11-16(17(15)24-12-6-1-2-7-12)21-18(22)13-8-3-4-9-14(13)19(21)23/h3-5,8-12H,1-2,6-7H2. The van der Waals surface area contributed by atoms with Gasteiger partial charge in [-0.25, -0.2) is 9.29 Å². The molecule has 0 bridgehead atoms. The maximum Gasteiger partial charge on any atom is 0.266 e. The monoisotopic (exact) mass is 325 g/mol. The quantitative estimate of drug-likeness (QED) is 0.803. The topological polar surface area (TPSA) is 46.6 Å². The third-order valence-electron chi connectivity index (χ3n) is 4.57. The van der Waals surface area contributed by atoms with E-state index in [2.05, 4.69) is 0 Å². The molecule has 0 saturated heterocycles. The highest BCUT2D eigenvalue weighted by Gasteiger charge is 2.38. The average molecular weight is 325 g/mol. The van der Waals surface area contributed by atoms with Gasteiger partial charge >= 0.3 is 0 Å². The lowest BCUT2D eigenvalue weighted by Crippen LogP contribution is -2.30. The number of carbonyl (C=O) groups excluding carboxylic acids is 2. The minimum Gasteiger partial charge on any atom is -0.485 e. The molecule has 2 aliphatic rings. The first-order chi connectivity index (χ1) is 11.7. The molecule has 1 heterocycles. The molecular weight excluding hydrogens is 309 g/mol. The molecule has 0 aromatic heterocycles. The van der Waals surface area contributed by atoms with Crippen molar-refractivity contribution in [1.82, 2.24) is 0 Å². The zero-order valence-corrected chi connectivity index (χ0v) is 13.0. The van der Waals surface area contributed by atoms with Gasteiger partial charge in [-0.3, -0.25) is 9.59 Å². The van der Waals surface area contributed by atoms with Crippen LogP contribution in [0.3, 0.4) is 0 Å². The van der Waals surface area contributed by atoms with E-state index in [1.165, 1.54) is 12.1 Å². The summed E-state index contributed by atoms with van der Waals surface area (Å²) in [4.78, 5) is 26.3. The highest BCUT2D eigenvalue weighted by Crippen LogP contribution is 2.38. The molecule has 4 nitrogen and oxygen atoms in total. The van der Waals surface area contributed by atoms with Crippen LogP contribution in [0.25, 0.3) is 0 Å². The number of benzene rings is 2. The first-order valence-electron chi connectivity index (χ1n) is 8.10. The molecule has 1 aliphatic carbocycles. The van der Waals surface area contributed by atoms with E-state index in [-0.39, 0.29) is 17.5 Å². The second-order valence-electron chi connectivity index (χ2n) is 6.10. The highest BCUT2D eigenvalue weighted by molar-refractivity contribution is 6.34. The van der Waals surface area contributed by atoms with E-state index in [9.17, 15) is 14.0 Å². The molecule has 0 unspecified atom stereocenters. The predicted octanol–water partition coefficient (Wildman–Crippen LogP) is 3.95. The van der Waals surface area contributed by atoms with Gasteiger partial charge in [0.05, 0.1) is 22.9 Å². The molecule has 0 N–H and O–H groups in total. The van der Waals surface area contributed by atoms with Gasteiger partial charge in [0.1, 0.15) is 0 Å². The summed E-state index contributed by atoms with van der Waals surface area (Å²) < 4.78 is 20.2. The van der Waals surface area contributed by atoms with E-state index in [1.54, 1.807) is 30.3 Å². The Bertz CT molecular complexity index is 792. The molecule has 122 valence electrons. The van der Waals surface area contributed by atoms with Gasteiger partial charge in [0.25, 0.3) is 11.8 Å². The molecule has 1 aliphatic heterocycles. The SMILES string of the molecule is O=C1c2ccccc2C(=O)N1c1cccc(F)c1OC1CCCC1. The lowest BCUT2D eigenvalue weighted by molar-refractivity contribution is 0.0923. The van der Waals surface area contributed by atoms with Crippen molar-refractivity contribution in [2.24, 2.45) is 0 Å². The minimum absolute atomic E-state index is 0.0149. The molecule has 24 heavy (non-hydrogen) atoms. The summed E-state index contributed by atoms with van der Waals surface area (Å²) in [6.45, 7) is 0. The number of anilines is 1. The zero-order valence-electron chi connectivity index (χ0n) is 13.0. The number of para-hydroxylation sites is 1. The molecule has 0 atom stereocenters. The summed E-state index contributed by atoms with van der Waals surface area (Å²) in [6.07, 6.45) is 3.73. The normalized spacial score (nSPS) is 17.5. The van der Waals surface area contributed by atoms with Crippen LogP contribution in [0.2, 0.25) is 0 Å². The van der Waals surface area contributed by atoms with Crippen molar-refractivity contribution in [2.75, 3.05) is 4.90 Å². The van der Waals surface area contributed by atoms with E-state index in [1.807, 2.05) is 0 Å². The molecule has 1 fully saturated rings. The van der Waals surface area contributed by atoms with Crippen molar-refractivity contribution in [2.45, 2.75) is 31.8 Å². The van der Waals surface area contributed by atoms with Crippen molar-refractivity contribution in [3.8, 4) is 5.75 Å². The summed E-state index contributed by atoms with van der Waals surface area (Å²) in [5.41, 5.74) is 0.838. The van der Waals surface area contributed by atoms with E-state index in [0.29, 0.717) is 11.1 Å². The molecule has 5 heteroatoms. The van der Waals surface area contributed by atoms with Crippen LogP contribution in [0.4, 0.5) is 10.1 Å². The Kier molecular flexibility index (Phi) is 3.56. The Morgan fingerprint density at radius 1 is 0.917 bits per heavy atom. The van der Waals surface area contributed by atoms with Gasteiger partial charge in [0, 0.05) is 0 Å². The lowest BCUT2D eigenvalue weighted by Gasteiger charge is -2.21. The number of hydrogen-bond donors (Lipinski definition) is 0. The van der Waals surface area contributed by atoms with Crippen LogP contribution in [0.5, 0.6) is 5.75 Å². The fourth-order valence-corrected chi connectivity index (χ4v) is 3.37. The summed E-state index contributed by atoms with van der Waals surface area (Å²) in [5, 5.41) is 0. The van der Waals surface area contributed by atoms with Gasteiger partial charge in [-0.05, 0) is 49.9 Å². The van der Waals surface area contributed by atoms with Crippen LogP contribution >= 0.6 is 0 Å². The lowest BCUT2D eigenvalue weighted by atomic mass is 10.1. The van der Waals surface area contributed by atoms with Crippen molar-refractivity contribution in [3.05, 3.63) is 59.4 Å². The highest BCUT2D eigenvalue weighted by atomic mass is 19.1. The Hall–Kier alpha value is -2.69. The van der Waals surface area contributed by atoms with E-state index < -0.39 is 17.6 Å². The Morgan fingerprint density at radius 2 is 1.54 bits per heavy atom. The number of hydrogen-bond acceptors (Lipinski definition) is 3. The summed E-state index contributed by atoms with van der Waals surface area (Å²) in [6, 6.07) is 10.9. The third-order valence-corrected chi connectivity index (χ3v) is 4.57. The number of nitrogens with zero attached hydrogens (tertiary/aromatic N) is 1. The molecule has 4 rings (SSSR count). The molecule has 2 aromatic carbocycles. The van der Waals surface area contributed by atoms with Gasteiger partial charge in [0.2, 0.25) is 0 Å². The molecule has 0 radical (unpaired) electrons. The number of rotatable bonds is 3.